The Morgan fingerprint density at radius 3 is 2.86 bits per heavy atom. The van der Waals surface area contributed by atoms with Gasteiger partial charge in [0.1, 0.15) is 0 Å². The van der Waals surface area contributed by atoms with Gasteiger partial charge in [-0.05, 0) is 12.8 Å². The van der Waals surface area contributed by atoms with E-state index in [0.717, 1.165) is 12.8 Å². The molecule has 2 heteroatoms. The van der Waals surface area contributed by atoms with E-state index in [-0.39, 0.29) is 0 Å². The summed E-state index contributed by atoms with van der Waals surface area (Å²) < 4.78 is 0. The minimum Gasteiger partial charge on any atom is -0.198 e. The molecule has 0 aromatic carbocycles. The summed E-state index contributed by atoms with van der Waals surface area (Å²) >= 11 is 0. The molecule has 0 spiro atoms. The highest BCUT2D eigenvalue weighted by molar-refractivity contribution is 7.18. The maximum absolute atomic E-state index is 8.01. The third kappa shape index (κ3) is 5.66. The molecule has 0 aliphatic rings. The normalized spacial score (nSPS) is 7.29. The van der Waals surface area contributed by atoms with Gasteiger partial charge in [0.15, 0.2) is 0 Å². The Kier molecular flexibility index (Phi) is 5.39. The summed E-state index contributed by atoms with van der Waals surface area (Å²) in [6.45, 7) is 0. The monoisotopic (exact) mass is 113 g/mol. The van der Waals surface area contributed by atoms with Gasteiger partial charge in [-0.15, -0.1) is 8.86 Å². The zero-order valence-corrected chi connectivity index (χ0v) is 5.15. The number of nitrogens with zero attached hydrogens (tertiary/aromatic N) is 1. The van der Waals surface area contributed by atoms with Crippen LogP contribution in [0.15, 0.2) is 0 Å². The lowest BCUT2D eigenvalue weighted by atomic mass is 10.3. The van der Waals surface area contributed by atoms with E-state index in [0.29, 0.717) is 6.42 Å². The summed E-state index contributed by atoms with van der Waals surface area (Å²) in [7, 11) is 3.19. The molecule has 1 nitrogen and oxygen atoms in total. The molecule has 0 saturated carbocycles. The Morgan fingerprint density at radius 2 is 2.43 bits per heavy atom. The lowest BCUT2D eigenvalue weighted by Gasteiger charge is -1.79. The molecule has 0 aliphatic heterocycles. The van der Waals surface area contributed by atoms with E-state index < -0.39 is 0 Å². The lowest BCUT2D eigenvalue weighted by molar-refractivity contribution is 0.918. The summed E-state index contributed by atoms with van der Waals surface area (Å²) in [5.74, 6) is 1.89. The van der Waals surface area contributed by atoms with E-state index in [9.17, 15) is 0 Å². The second-order valence-corrected chi connectivity index (χ2v) is 1.66. The molecule has 0 aromatic rings. The van der Waals surface area contributed by atoms with Gasteiger partial charge in [0.25, 0.3) is 0 Å². The van der Waals surface area contributed by atoms with Crippen LogP contribution in [0.25, 0.3) is 0 Å². The highest BCUT2D eigenvalue weighted by Crippen LogP contribution is 1.89. The molecular formula is C5H8NP. The van der Waals surface area contributed by atoms with Crippen molar-refractivity contribution in [2.75, 3.05) is 0 Å². The molecule has 0 radical (unpaired) electrons. The van der Waals surface area contributed by atoms with Crippen LogP contribution in [0.2, 0.25) is 0 Å². The second kappa shape index (κ2) is 5.66. The summed E-state index contributed by atoms with van der Waals surface area (Å²) in [6, 6.07) is 2.06. The van der Waals surface area contributed by atoms with Crippen molar-refractivity contribution < 1.29 is 0 Å². The molecule has 0 unspecified atom stereocenters. The summed E-state index contributed by atoms with van der Waals surface area (Å²) in [5, 5.41) is 8.01. The third-order valence-corrected chi connectivity index (χ3v) is 0.926. The molecule has 0 fully saturated rings. The highest BCUT2D eigenvalue weighted by atomic mass is 31.0. The van der Waals surface area contributed by atoms with Gasteiger partial charge in [0.2, 0.25) is 0 Å². The van der Waals surface area contributed by atoms with Crippen LogP contribution in [0.1, 0.15) is 19.3 Å². The fourth-order valence-corrected chi connectivity index (χ4v) is 0.487. The smallest absolute Gasteiger partial charge is 0.0621 e. The molecular weight excluding hydrogens is 105 g/mol. The van der Waals surface area contributed by atoms with Gasteiger partial charge >= 0.3 is 0 Å². The number of unbranched alkanes of at least 4 members (excludes halogenated alkanes) is 2. The largest absolute Gasteiger partial charge is 0.198 e. The Hall–Kier alpha value is -0.340. The van der Waals surface area contributed by atoms with Crippen LogP contribution in [-0.2, 0) is 0 Å². The lowest BCUT2D eigenvalue weighted by Crippen LogP contribution is -1.69. The van der Waals surface area contributed by atoms with E-state index in [2.05, 4.69) is 14.9 Å². The molecule has 0 rings (SSSR count). The Bertz CT molecular complexity index is 82.6. The Morgan fingerprint density at radius 1 is 1.71 bits per heavy atom. The molecule has 0 aliphatic carbocycles. The van der Waals surface area contributed by atoms with Crippen molar-refractivity contribution in [1.82, 2.24) is 0 Å². The zero-order valence-electron chi connectivity index (χ0n) is 4.15. The summed E-state index contributed by atoms with van der Waals surface area (Å²) in [6.07, 6.45) is 2.63. The van der Waals surface area contributed by atoms with Crippen molar-refractivity contribution in [3.05, 3.63) is 0 Å². The van der Waals surface area contributed by atoms with Gasteiger partial charge in [-0.3, -0.25) is 0 Å². The predicted octanol–water partition coefficient (Wildman–Crippen LogP) is 1.63. The van der Waals surface area contributed by atoms with Crippen LogP contribution in [0.4, 0.5) is 0 Å². The van der Waals surface area contributed by atoms with E-state index in [1.165, 1.54) is 0 Å². The Balaban J connectivity index is 2.72. The van der Waals surface area contributed by atoms with Crippen LogP contribution < -0.4 is 0 Å². The van der Waals surface area contributed by atoms with Crippen molar-refractivity contribution in [3.63, 3.8) is 0 Å². The van der Waals surface area contributed by atoms with Crippen LogP contribution in [0.5, 0.6) is 0 Å². The number of hydrogen-bond donors (Lipinski definition) is 0. The first-order chi connectivity index (χ1) is 3.41. The first-order valence-electron chi connectivity index (χ1n) is 2.27. The summed E-state index contributed by atoms with van der Waals surface area (Å²) in [5.41, 5.74) is 0. The minimum atomic E-state index is 0.668. The van der Waals surface area contributed by atoms with Crippen molar-refractivity contribution in [3.8, 4) is 6.07 Å². The maximum atomic E-state index is 8.01. The van der Waals surface area contributed by atoms with Gasteiger partial charge < -0.3 is 0 Å². The van der Waals surface area contributed by atoms with E-state index in [1.807, 2.05) is 5.80 Å². The fourth-order valence-electron chi connectivity index (χ4n) is 0.283. The molecule has 0 bridgehead atoms. The average Bonchev–Trinajstić information content (AvgIpc) is 1.69. The molecule has 0 saturated heterocycles. The van der Waals surface area contributed by atoms with Crippen molar-refractivity contribution >= 4 is 14.7 Å². The molecule has 0 amide bonds. The third-order valence-electron chi connectivity index (χ3n) is 0.637. The standard InChI is InChI=1S/C5H8NP/c6-4-2-1-3-5-7/h5,7H,1-3H2. The average molecular weight is 113 g/mol. The zero-order chi connectivity index (χ0) is 5.54. The number of rotatable bonds is 3. The van der Waals surface area contributed by atoms with Crippen molar-refractivity contribution in [2.45, 2.75) is 19.3 Å². The Labute approximate surface area is 46.2 Å². The quantitative estimate of drug-likeness (QED) is 0.403. The molecule has 0 aromatic heterocycles. The molecule has 0 heterocycles. The molecule has 38 valence electrons. The van der Waals surface area contributed by atoms with Gasteiger partial charge in [-0.1, -0.05) is 5.80 Å². The first kappa shape index (κ1) is 6.66. The topological polar surface area (TPSA) is 23.8 Å². The van der Waals surface area contributed by atoms with Crippen molar-refractivity contribution in [2.24, 2.45) is 0 Å². The maximum Gasteiger partial charge on any atom is 0.0621 e. The van der Waals surface area contributed by atoms with Gasteiger partial charge in [-0.25, -0.2) is 0 Å². The molecule has 0 N–H and O–H groups in total. The summed E-state index contributed by atoms with van der Waals surface area (Å²) in [4.78, 5) is 0. The SMILES string of the molecule is N#CCCCC=P. The van der Waals surface area contributed by atoms with E-state index in [1.54, 1.807) is 0 Å². The predicted molar refractivity (Wildman–Crippen MR) is 33.8 cm³/mol. The van der Waals surface area contributed by atoms with Gasteiger partial charge in [0.05, 0.1) is 6.07 Å². The van der Waals surface area contributed by atoms with Crippen LogP contribution in [-0.4, -0.2) is 5.80 Å². The van der Waals surface area contributed by atoms with Gasteiger partial charge in [-0.2, -0.15) is 5.26 Å². The minimum absolute atomic E-state index is 0.668. The number of hydrogen-bond acceptors (Lipinski definition) is 1. The van der Waals surface area contributed by atoms with Crippen LogP contribution >= 0.6 is 8.86 Å². The van der Waals surface area contributed by atoms with Crippen molar-refractivity contribution in [1.29, 1.82) is 5.26 Å². The van der Waals surface area contributed by atoms with E-state index in [4.69, 9.17) is 5.26 Å². The molecule has 0 atom stereocenters. The first-order valence-corrected chi connectivity index (χ1v) is 2.85. The van der Waals surface area contributed by atoms with Crippen LogP contribution in [0, 0.1) is 11.3 Å². The van der Waals surface area contributed by atoms with Gasteiger partial charge in [0, 0.05) is 6.42 Å². The van der Waals surface area contributed by atoms with Crippen LogP contribution in [0.3, 0.4) is 0 Å². The fraction of sp³-hybridized carbons (Fsp3) is 0.600. The highest BCUT2D eigenvalue weighted by Gasteiger charge is 1.77. The number of nitriles is 1. The second-order valence-electron chi connectivity index (χ2n) is 1.25. The van der Waals surface area contributed by atoms with E-state index >= 15 is 0 Å². The molecule has 7 heavy (non-hydrogen) atoms.